The number of aromatic nitrogens is 1. The highest BCUT2D eigenvalue weighted by molar-refractivity contribution is 5.84. The Morgan fingerprint density at radius 1 is 1.44 bits per heavy atom. The van der Waals surface area contributed by atoms with Crippen LogP contribution < -0.4 is 0 Å². The van der Waals surface area contributed by atoms with Crippen LogP contribution in [0.25, 0.3) is 0 Å². The molecule has 18 heavy (non-hydrogen) atoms. The Labute approximate surface area is 107 Å². The van der Waals surface area contributed by atoms with Crippen molar-refractivity contribution in [3.05, 3.63) is 17.5 Å². The van der Waals surface area contributed by atoms with Gasteiger partial charge < -0.3 is 9.42 Å². The standard InChI is InChI=1S/C14H20N2O2/c1-13(2)10-5-6-16(4)12(17)14(10,3)7-9-8-15-18-11(9)13/h8,10H,5-7H2,1-4H3/t10-,14-/m0/s1. The maximum atomic E-state index is 12.6. The molecule has 4 nitrogen and oxygen atoms in total. The molecule has 98 valence electrons. The van der Waals surface area contributed by atoms with Crippen LogP contribution in [0.4, 0.5) is 0 Å². The zero-order chi connectivity index (χ0) is 13.1. The molecule has 1 aromatic rings. The van der Waals surface area contributed by atoms with Crippen molar-refractivity contribution >= 4 is 5.91 Å². The highest BCUT2D eigenvalue weighted by Crippen LogP contribution is 2.54. The second-order valence-electron chi connectivity index (χ2n) is 6.56. The number of likely N-dealkylation sites (tertiary alicyclic amines) is 1. The minimum absolute atomic E-state index is 0.115. The Morgan fingerprint density at radius 2 is 2.17 bits per heavy atom. The van der Waals surface area contributed by atoms with E-state index in [1.165, 1.54) is 0 Å². The van der Waals surface area contributed by atoms with E-state index in [1.807, 2.05) is 11.9 Å². The fourth-order valence-electron chi connectivity index (χ4n) is 4.16. The Morgan fingerprint density at radius 3 is 2.89 bits per heavy atom. The third-order valence-electron chi connectivity index (χ3n) is 5.02. The van der Waals surface area contributed by atoms with E-state index in [9.17, 15) is 4.79 Å². The first-order chi connectivity index (χ1) is 8.37. The van der Waals surface area contributed by atoms with Gasteiger partial charge in [0.25, 0.3) is 0 Å². The molecule has 0 radical (unpaired) electrons. The number of piperidine rings is 1. The van der Waals surface area contributed by atoms with E-state index in [4.69, 9.17) is 4.52 Å². The molecular formula is C14H20N2O2. The summed E-state index contributed by atoms with van der Waals surface area (Å²) in [6.45, 7) is 7.30. The predicted octanol–water partition coefficient (Wildman–Crippen LogP) is 1.99. The number of fused-ring (bicyclic) bond motifs is 2. The number of carbonyl (C=O) groups excluding carboxylic acids is 1. The lowest BCUT2D eigenvalue weighted by Gasteiger charge is -2.52. The smallest absolute Gasteiger partial charge is 0.228 e. The third-order valence-corrected chi connectivity index (χ3v) is 5.02. The van der Waals surface area contributed by atoms with Gasteiger partial charge in [0.2, 0.25) is 5.91 Å². The lowest BCUT2D eigenvalue weighted by atomic mass is 9.54. The SMILES string of the molecule is CN1CC[C@H]2C(C)(C)c3oncc3C[C@]2(C)C1=O. The van der Waals surface area contributed by atoms with Gasteiger partial charge in [0.05, 0.1) is 11.6 Å². The van der Waals surface area contributed by atoms with Gasteiger partial charge in [-0.15, -0.1) is 0 Å². The second kappa shape index (κ2) is 3.37. The maximum absolute atomic E-state index is 12.6. The number of rotatable bonds is 0. The lowest BCUT2D eigenvalue weighted by molar-refractivity contribution is -0.152. The molecule has 1 aliphatic heterocycles. The van der Waals surface area contributed by atoms with Crippen LogP contribution in [0.1, 0.15) is 38.5 Å². The van der Waals surface area contributed by atoms with E-state index in [1.54, 1.807) is 6.20 Å². The van der Waals surface area contributed by atoms with Crippen molar-refractivity contribution in [3.63, 3.8) is 0 Å². The molecule has 1 saturated heterocycles. The zero-order valence-electron chi connectivity index (χ0n) is 11.5. The normalized spacial score (nSPS) is 34.1. The molecule has 0 unspecified atom stereocenters. The number of carbonyl (C=O) groups is 1. The Bertz CT molecular complexity index is 506. The molecule has 2 heterocycles. The van der Waals surface area contributed by atoms with Crippen LogP contribution in [0, 0.1) is 11.3 Å². The molecule has 2 aliphatic rings. The van der Waals surface area contributed by atoms with Crippen LogP contribution in [0.3, 0.4) is 0 Å². The number of amides is 1. The van der Waals surface area contributed by atoms with Gasteiger partial charge in [0.1, 0.15) is 5.76 Å². The largest absolute Gasteiger partial charge is 0.361 e. The monoisotopic (exact) mass is 248 g/mol. The van der Waals surface area contributed by atoms with Crippen LogP contribution in [0.5, 0.6) is 0 Å². The topological polar surface area (TPSA) is 46.3 Å². The van der Waals surface area contributed by atoms with Crippen LogP contribution in [-0.2, 0) is 16.6 Å². The molecule has 0 saturated carbocycles. The van der Waals surface area contributed by atoms with Crippen molar-refractivity contribution in [2.45, 2.75) is 39.0 Å². The lowest BCUT2D eigenvalue weighted by Crippen LogP contribution is -2.58. The summed E-state index contributed by atoms with van der Waals surface area (Å²) < 4.78 is 5.45. The molecule has 1 aromatic heterocycles. The van der Waals surface area contributed by atoms with E-state index in [0.717, 1.165) is 30.7 Å². The number of hydrogen-bond acceptors (Lipinski definition) is 3. The highest BCUT2D eigenvalue weighted by Gasteiger charge is 2.57. The number of hydrogen-bond donors (Lipinski definition) is 0. The van der Waals surface area contributed by atoms with Crippen molar-refractivity contribution in [1.29, 1.82) is 0 Å². The summed E-state index contributed by atoms with van der Waals surface area (Å²) in [5, 5.41) is 3.93. The summed E-state index contributed by atoms with van der Waals surface area (Å²) in [6, 6.07) is 0. The van der Waals surface area contributed by atoms with Gasteiger partial charge in [0, 0.05) is 24.6 Å². The van der Waals surface area contributed by atoms with Crippen molar-refractivity contribution in [2.75, 3.05) is 13.6 Å². The van der Waals surface area contributed by atoms with Gasteiger partial charge in [-0.1, -0.05) is 25.9 Å². The quantitative estimate of drug-likeness (QED) is 0.705. The maximum Gasteiger partial charge on any atom is 0.228 e. The molecule has 2 atom stereocenters. The molecule has 0 spiro atoms. The fraction of sp³-hybridized carbons (Fsp3) is 0.714. The van der Waals surface area contributed by atoms with Crippen molar-refractivity contribution in [3.8, 4) is 0 Å². The summed E-state index contributed by atoms with van der Waals surface area (Å²) >= 11 is 0. The van der Waals surface area contributed by atoms with E-state index in [0.29, 0.717) is 5.92 Å². The first-order valence-corrected chi connectivity index (χ1v) is 6.57. The molecule has 4 heteroatoms. The summed E-state index contributed by atoms with van der Waals surface area (Å²) in [5.41, 5.74) is 0.674. The van der Waals surface area contributed by atoms with Crippen molar-refractivity contribution in [1.82, 2.24) is 10.1 Å². The minimum Gasteiger partial charge on any atom is -0.361 e. The van der Waals surface area contributed by atoms with Crippen LogP contribution in [0.15, 0.2) is 10.7 Å². The predicted molar refractivity (Wildman–Crippen MR) is 67.1 cm³/mol. The van der Waals surface area contributed by atoms with E-state index < -0.39 is 0 Å². The summed E-state index contributed by atoms with van der Waals surface area (Å²) in [5.74, 6) is 1.56. The van der Waals surface area contributed by atoms with Crippen LogP contribution in [-0.4, -0.2) is 29.6 Å². The first-order valence-electron chi connectivity index (χ1n) is 6.57. The zero-order valence-corrected chi connectivity index (χ0v) is 11.5. The summed E-state index contributed by atoms with van der Waals surface area (Å²) in [4.78, 5) is 14.4. The molecular weight excluding hydrogens is 228 g/mol. The number of nitrogens with zero attached hydrogens (tertiary/aromatic N) is 2. The molecule has 0 aromatic carbocycles. The molecule has 1 aliphatic carbocycles. The summed E-state index contributed by atoms with van der Waals surface area (Å²) in [7, 11) is 1.90. The second-order valence-corrected chi connectivity index (χ2v) is 6.56. The van der Waals surface area contributed by atoms with Crippen LogP contribution in [0.2, 0.25) is 0 Å². The Balaban J connectivity index is 2.15. The molecule has 1 fully saturated rings. The van der Waals surface area contributed by atoms with Gasteiger partial charge in [-0.25, -0.2) is 0 Å². The molecule has 0 N–H and O–H groups in total. The van der Waals surface area contributed by atoms with E-state index in [-0.39, 0.29) is 16.7 Å². The van der Waals surface area contributed by atoms with Gasteiger partial charge in [-0.3, -0.25) is 4.79 Å². The van der Waals surface area contributed by atoms with Crippen molar-refractivity contribution < 1.29 is 9.32 Å². The first kappa shape index (κ1) is 11.8. The van der Waals surface area contributed by atoms with E-state index >= 15 is 0 Å². The molecule has 0 bridgehead atoms. The highest BCUT2D eigenvalue weighted by atomic mass is 16.5. The van der Waals surface area contributed by atoms with Crippen molar-refractivity contribution in [2.24, 2.45) is 11.3 Å². The fourth-order valence-corrected chi connectivity index (χ4v) is 4.16. The molecule has 1 amide bonds. The third kappa shape index (κ3) is 1.26. The molecule has 3 rings (SSSR count). The van der Waals surface area contributed by atoms with E-state index in [2.05, 4.69) is 25.9 Å². The minimum atomic E-state index is -0.310. The Hall–Kier alpha value is -1.32. The van der Waals surface area contributed by atoms with Crippen LogP contribution >= 0.6 is 0 Å². The van der Waals surface area contributed by atoms with Gasteiger partial charge in [0.15, 0.2) is 0 Å². The summed E-state index contributed by atoms with van der Waals surface area (Å²) in [6.07, 6.45) is 3.56. The Kier molecular flexibility index (Phi) is 2.20. The van der Waals surface area contributed by atoms with Gasteiger partial charge >= 0.3 is 0 Å². The average molecular weight is 248 g/mol. The average Bonchev–Trinajstić information content (AvgIpc) is 2.74. The van der Waals surface area contributed by atoms with Gasteiger partial charge in [-0.05, 0) is 18.8 Å². The van der Waals surface area contributed by atoms with Gasteiger partial charge in [-0.2, -0.15) is 0 Å².